The third-order valence-corrected chi connectivity index (χ3v) is 3.48. The molecule has 0 aromatic heterocycles. The van der Waals surface area contributed by atoms with Crippen molar-refractivity contribution in [2.24, 2.45) is 5.92 Å². The van der Waals surface area contributed by atoms with E-state index in [0.29, 0.717) is 11.8 Å². The number of hydrogen-bond donors (Lipinski definition) is 0. The van der Waals surface area contributed by atoms with E-state index in [2.05, 4.69) is 12.1 Å². The SMILES string of the molecule is COc1ccc(C2OCCCC2CCl)cc1. The van der Waals surface area contributed by atoms with E-state index in [-0.39, 0.29) is 6.10 Å². The molecule has 0 aliphatic carbocycles. The van der Waals surface area contributed by atoms with Gasteiger partial charge in [-0.3, -0.25) is 0 Å². The molecule has 16 heavy (non-hydrogen) atoms. The Bertz CT molecular complexity index is 323. The van der Waals surface area contributed by atoms with Gasteiger partial charge in [-0.05, 0) is 30.5 Å². The van der Waals surface area contributed by atoms with Crippen LogP contribution in [0.3, 0.4) is 0 Å². The van der Waals surface area contributed by atoms with E-state index < -0.39 is 0 Å². The summed E-state index contributed by atoms with van der Waals surface area (Å²) in [5, 5.41) is 0. The molecule has 2 atom stereocenters. The molecular formula is C13H17ClO2. The Hall–Kier alpha value is -0.730. The molecule has 3 heteroatoms. The molecule has 1 saturated heterocycles. The molecule has 2 nitrogen and oxygen atoms in total. The number of methoxy groups -OCH3 is 1. The van der Waals surface area contributed by atoms with Crippen LogP contribution in [0.4, 0.5) is 0 Å². The second-order valence-electron chi connectivity index (χ2n) is 4.12. The summed E-state index contributed by atoms with van der Waals surface area (Å²) in [6.07, 6.45) is 2.42. The zero-order chi connectivity index (χ0) is 11.4. The molecule has 1 aliphatic rings. The van der Waals surface area contributed by atoms with Gasteiger partial charge in [0.15, 0.2) is 0 Å². The van der Waals surface area contributed by atoms with E-state index in [4.69, 9.17) is 21.1 Å². The van der Waals surface area contributed by atoms with Crippen LogP contribution in [0.2, 0.25) is 0 Å². The number of hydrogen-bond acceptors (Lipinski definition) is 2. The minimum Gasteiger partial charge on any atom is -0.497 e. The lowest BCUT2D eigenvalue weighted by Gasteiger charge is -2.30. The minimum atomic E-state index is 0.150. The van der Waals surface area contributed by atoms with Crippen molar-refractivity contribution in [3.8, 4) is 5.75 Å². The molecule has 0 radical (unpaired) electrons. The van der Waals surface area contributed by atoms with Crippen molar-refractivity contribution in [1.29, 1.82) is 0 Å². The normalized spacial score (nSPS) is 25.4. The standard InChI is InChI=1S/C13H17ClO2/c1-15-12-6-4-10(5-7-12)13-11(9-14)3-2-8-16-13/h4-7,11,13H,2-3,8-9H2,1H3. The van der Waals surface area contributed by atoms with Gasteiger partial charge in [0.1, 0.15) is 5.75 Å². The predicted octanol–water partition coefficient (Wildman–Crippen LogP) is 3.40. The maximum atomic E-state index is 5.98. The summed E-state index contributed by atoms with van der Waals surface area (Å²) < 4.78 is 11.0. The van der Waals surface area contributed by atoms with Crippen LogP contribution >= 0.6 is 11.6 Å². The summed E-state index contributed by atoms with van der Waals surface area (Å²) in [5.41, 5.74) is 1.20. The third-order valence-electron chi connectivity index (χ3n) is 3.09. The first-order valence-corrected chi connectivity index (χ1v) is 6.20. The Morgan fingerprint density at radius 3 is 2.75 bits per heavy atom. The average molecular weight is 241 g/mol. The van der Waals surface area contributed by atoms with Crippen LogP contribution in [0.25, 0.3) is 0 Å². The van der Waals surface area contributed by atoms with Gasteiger partial charge in [-0.25, -0.2) is 0 Å². The zero-order valence-corrected chi connectivity index (χ0v) is 10.2. The van der Waals surface area contributed by atoms with Gasteiger partial charge in [0.25, 0.3) is 0 Å². The van der Waals surface area contributed by atoms with Gasteiger partial charge >= 0.3 is 0 Å². The Morgan fingerprint density at radius 1 is 1.38 bits per heavy atom. The van der Waals surface area contributed by atoms with Crippen LogP contribution in [0.1, 0.15) is 24.5 Å². The highest BCUT2D eigenvalue weighted by molar-refractivity contribution is 6.18. The number of rotatable bonds is 3. The smallest absolute Gasteiger partial charge is 0.118 e. The lowest BCUT2D eigenvalue weighted by Crippen LogP contribution is -2.23. The van der Waals surface area contributed by atoms with Crippen molar-refractivity contribution in [2.75, 3.05) is 19.6 Å². The molecule has 1 aromatic carbocycles. The van der Waals surface area contributed by atoms with E-state index in [1.54, 1.807) is 7.11 Å². The van der Waals surface area contributed by atoms with Crippen LogP contribution < -0.4 is 4.74 Å². The van der Waals surface area contributed by atoms with Crippen molar-refractivity contribution in [3.05, 3.63) is 29.8 Å². The van der Waals surface area contributed by atoms with E-state index in [1.807, 2.05) is 12.1 Å². The molecule has 1 fully saturated rings. The van der Waals surface area contributed by atoms with Gasteiger partial charge in [-0.2, -0.15) is 0 Å². The van der Waals surface area contributed by atoms with Crippen molar-refractivity contribution in [1.82, 2.24) is 0 Å². The van der Waals surface area contributed by atoms with Crippen molar-refractivity contribution >= 4 is 11.6 Å². The summed E-state index contributed by atoms with van der Waals surface area (Å²) in [7, 11) is 1.67. The van der Waals surface area contributed by atoms with Gasteiger partial charge in [0.05, 0.1) is 13.2 Å². The van der Waals surface area contributed by atoms with Crippen LogP contribution in [-0.2, 0) is 4.74 Å². The summed E-state index contributed by atoms with van der Waals surface area (Å²) in [4.78, 5) is 0. The fourth-order valence-corrected chi connectivity index (χ4v) is 2.48. The first-order valence-electron chi connectivity index (χ1n) is 5.66. The van der Waals surface area contributed by atoms with Crippen molar-refractivity contribution in [3.63, 3.8) is 0 Å². The fraction of sp³-hybridized carbons (Fsp3) is 0.538. The molecule has 1 aliphatic heterocycles. The van der Waals surface area contributed by atoms with Crippen LogP contribution in [0, 0.1) is 5.92 Å². The number of halogens is 1. The second-order valence-corrected chi connectivity index (χ2v) is 4.43. The molecule has 0 spiro atoms. The first-order chi connectivity index (χ1) is 7.85. The second kappa shape index (κ2) is 5.55. The molecule has 0 amide bonds. The quantitative estimate of drug-likeness (QED) is 0.754. The van der Waals surface area contributed by atoms with E-state index in [0.717, 1.165) is 25.2 Å². The molecule has 88 valence electrons. The zero-order valence-electron chi connectivity index (χ0n) is 9.49. The molecule has 2 unspecified atom stereocenters. The Kier molecular flexibility index (Phi) is 4.08. The fourth-order valence-electron chi connectivity index (χ4n) is 2.16. The summed E-state index contributed by atoms with van der Waals surface area (Å²) in [5.74, 6) is 1.97. The molecule has 2 rings (SSSR count). The third kappa shape index (κ3) is 2.50. The summed E-state index contributed by atoms with van der Waals surface area (Å²) >= 11 is 5.98. The number of benzene rings is 1. The highest BCUT2D eigenvalue weighted by Crippen LogP contribution is 2.34. The summed E-state index contributed by atoms with van der Waals surface area (Å²) in [6, 6.07) is 8.07. The van der Waals surface area contributed by atoms with E-state index in [9.17, 15) is 0 Å². The predicted molar refractivity (Wildman–Crippen MR) is 65.1 cm³/mol. The van der Waals surface area contributed by atoms with Gasteiger partial charge in [-0.1, -0.05) is 12.1 Å². The molecule has 1 heterocycles. The molecule has 1 aromatic rings. The van der Waals surface area contributed by atoms with Crippen LogP contribution in [0.5, 0.6) is 5.75 Å². The number of alkyl halides is 1. The summed E-state index contributed by atoms with van der Waals surface area (Å²) in [6.45, 7) is 0.837. The van der Waals surface area contributed by atoms with Crippen LogP contribution in [-0.4, -0.2) is 19.6 Å². The van der Waals surface area contributed by atoms with Gasteiger partial charge in [0, 0.05) is 18.4 Å². The average Bonchev–Trinajstić information content (AvgIpc) is 2.39. The lowest BCUT2D eigenvalue weighted by atomic mass is 9.91. The van der Waals surface area contributed by atoms with Gasteiger partial charge in [0.2, 0.25) is 0 Å². The minimum absolute atomic E-state index is 0.150. The lowest BCUT2D eigenvalue weighted by molar-refractivity contribution is -0.0208. The monoisotopic (exact) mass is 240 g/mol. The van der Waals surface area contributed by atoms with E-state index >= 15 is 0 Å². The topological polar surface area (TPSA) is 18.5 Å². The number of ether oxygens (including phenoxy) is 2. The molecule has 0 bridgehead atoms. The molecule has 0 N–H and O–H groups in total. The van der Waals surface area contributed by atoms with E-state index in [1.165, 1.54) is 5.56 Å². The maximum absolute atomic E-state index is 5.98. The Balaban J connectivity index is 2.14. The largest absolute Gasteiger partial charge is 0.497 e. The van der Waals surface area contributed by atoms with Crippen LogP contribution in [0.15, 0.2) is 24.3 Å². The molecular weight excluding hydrogens is 224 g/mol. The highest BCUT2D eigenvalue weighted by atomic mass is 35.5. The molecule has 0 saturated carbocycles. The first kappa shape index (κ1) is 11.7. The Labute approximate surface area is 102 Å². The maximum Gasteiger partial charge on any atom is 0.118 e. The van der Waals surface area contributed by atoms with Gasteiger partial charge < -0.3 is 9.47 Å². The highest BCUT2D eigenvalue weighted by Gasteiger charge is 2.26. The van der Waals surface area contributed by atoms with Crippen molar-refractivity contribution < 1.29 is 9.47 Å². The van der Waals surface area contributed by atoms with Crippen molar-refractivity contribution in [2.45, 2.75) is 18.9 Å². The van der Waals surface area contributed by atoms with Gasteiger partial charge in [-0.15, -0.1) is 11.6 Å². The Morgan fingerprint density at radius 2 is 2.12 bits per heavy atom.